The van der Waals surface area contributed by atoms with Crippen molar-refractivity contribution in [3.63, 3.8) is 0 Å². The van der Waals surface area contributed by atoms with E-state index in [-0.39, 0.29) is 11.7 Å². The number of anilines is 1. The van der Waals surface area contributed by atoms with E-state index in [0.717, 1.165) is 49.1 Å². The molecule has 1 atom stereocenters. The van der Waals surface area contributed by atoms with Crippen LogP contribution in [0, 0.1) is 0 Å². The highest BCUT2D eigenvalue weighted by molar-refractivity contribution is 6.29. The molecule has 8 heteroatoms. The molecule has 2 aromatic rings. The first-order valence-electron chi connectivity index (χ1n) is 10.2. The molecule has 166 valence electrons. The van der Waals surface area contributed by atoms with Crippen LogP contribution in [0.15, 0.2) is 54.6 Å². The molecule has 4 nitrogen and oxygen atoms in total. The first-order valence-corrected chi connectivity index (χ1v) is 10.8. The minimum absolute atomic E-state index is 0.0260. The van der Waals surface area contributed by atoms with Crippen LogP contribution < -0.4 is 10.2 Å². The van der Waals surface area contributed by atoms with Gasteiger partial charge in [-0.05, 0) is 36.6 Å². The Bertz CT molecular complexity index is 899. The van der Waals surface area contributed by atoms with Crippen LogP contribution in [-0.2, 0) is 15.8 Å². The molecule has 1 saturated carbocycles. The van der Waals surface area contributed by atoms with Crippen LogP contribution >= 0.6 is 11.6 Å². The Balaban J connectivity index is 2.04. The van der Waals surface area contributed by atoms with E-state index < -0.39 is 35.5 Å². The molecule has 1 fully saturated rings. The number of hydrogen-bond donors (Lipinski definition) is 1. The van der Waals surface area contributed by atoms with Crippen molar-refractivity contribution in [2.24, 2.45) is 0 Å². The van der Waals surface area contributed by atoms with E-state index in [1.807, 2.05) is 0 Å². The van der Waals surface area contributed by atoms with E-state index >= 15 is 0 Å². The van der Waals surface area contributed by atoms with Gasteiger partial charge in [0.05, 0.1) is 5.56 Å². The Kier molecular flexibility index (Phi) is 7.59. The summed E-state index contributed by atoms with van der Waals surface area (Å²) in [6, 6.07) is 11.8. The van der Waals surface area contributed by atoms with E-state index in [1.165, 1.54) is 12.1 Å². The molecule has 31 heavy (non-hydrogen) atoms. The average molecular weight is 453 g/mol. The summed E-state index contributed by atoms with van der Waals surface area (Å²) in [6.45, 7) is 0. The standard InChI is InChI=1S/C23H24ClF3N2O2/c24-15-20(30)29(19-13-7-10-17(14-19)23(25,26)27)21(16-8-3-1-4-9-16)22(31)28-18-11-5-2-6-12-18/h1,3-4,7-10,13-14,18,21H,2,5-6,11-12,15H2,(H,28,31). The molecule has 0 saturated heterocycles. The second kappa shape index (κ2) is 10.2. The van der Waals surface area contributed by atoms with Gasteiger partial charge in [-0.2, -0.15) is 13.2 Å². The fraction of sp³-hybridized carbons (Fsp3) is 0.391. The molecule has 1 unspecified atom stereocenters. The second-order valence-electron chi connectivity index (χ2n) is 7.60. The molecule has 2 amide bonds. The SMILES string of the molecule is O=C(NC1CCCCC1)C(c1ccccc1)N(C(=O)CCl)c1cccc(C(F)(F)F)c1. The molecule has 0 radical (unpaired) electrons. The molecular weight excluding hydrogens is 429 g/mol. The highest BCUT2D eigenvalue weighted by atomic mass is 35.5. The van der Waals surface area contributed by atoms with Gasteiger partial charge < -0.3 is 5.32 Å². The Morgan fingerprint density at radius 1 is 1.03 bits per heavy atom. The molecule has 2 aromatic carbocycles. The number of hydrogen-bond acceptors (Lipinski definition) is 2. The van der Waals surface area contributed by atoms with Gasteiger partial charge in [0.1, 0.15) is 11.9 Å². The van der Waals surface area contributed by atoms with E-state index in [4.69, 9.17) is 11.6 Å². The summed E-state index contributed by atoms with van der Waals surface area (Å²) in [7, 11) is 0. The molecule has 0 aromatic heterocycles. The fourth-order valence-electron chi connectivity index (χ4n) is 3.91. The number of nitrogens with one attached hydrogen (secondary N) is 1. The maximum atomic E-state index is 13.4. The lowest BCUT2D eigenvalue weighted by Gasteiger charge is -2.33. The van der Waals surface area contributed by atoms with E-state index in [9.17, 15) is 22.8 Å². The van der Waals surface area contributed by atoms with Crippen LogP contribution in [0.1, 0.15) is 49.3 Å². The number of benzene rings is 2. The summed E-state index contributed by atoms with van der Waals surface area (Å²) < 4.78 is 39.9. The van der Waals surface area contributed by atoms with Gasteiger partial charge in [0.15, 0.2) is 0 Å². The van der Waals surface area contributed by atoms with Crippen molar-refractivity contribution in [2.45, 2.75) is 50.4 Å². The van der Waals surface area contributed by atoms with Crippen LogP contribution in [-0.4, -0.2) is 23.7 Å². The highest BCUT2D eigenvalue weighted by Crippen LogP contribution is 2.35. The summed E-state index contributed by atoms with van der Waals surface area (Å²) >= 11 is 5.81. The van der Waals surface area contributed by atoms with Crippen molar-refractivity contribution in [3.8, 4) is 0 Å². The van der Waals surface area contributed by atoms with Gasteiger partial charge in [-0.25, -0.2) is 0 Å². The lowest BCUT2D eigenvalue weighted by molar-refractivity contribution is -0.137. The molecule has 1 aliphatic carbocycles. The van der Waals surface area contributed by atoms with Crippen LogP contribution in [0.5, 0.6) is 0 Å². The predicted molar refractivity (Wildman–Crippen MR) is 114 cm³/mol. The monoisotopic (exact) mass is 452 g/mol. The third-order valence-electron chi connectivity index (χ3n) is 5.41. The average Bonchev–Trinajstić information content (AvgIpc) is 2.77. The van der Waals surface area contributed by atoms with Crippen molar-refractivity contribution in [1.29, 1.82) is 0 Å². The Morgan fingerprint density at radius 2 is 1.71 bits per heavy atom. The number of alkyl halides is 4. The summed E-state index contributed by atoms with van der Waals surface area (Å²) in [4.78, 5) is 27.2. The first-order chi connectivity index (χ1) is 14.8. The van der Waals surface area contributed by atoms with Gasteiger partial charge in [-0.15, -0.1) is 11.6 Å². The second-order valence-corrected chi connectivity index (χ2v) is 7.87. The van der Waals surface area contributed by atoms with Crippen LogP contribution in [0.4, 0.5) is 18.9 Å². The number of rotatable bonds is 6. The first kappa shape index (κ1) is 23.1. The minimum atomic E-state index is -4.59. The summed E-state index contributed by atoms with van der Waals surface area (Å²) in [5, 5.41) is 2.99. The molecule has 0 bridgehead atoms. The number of nitrogens with zero attached hydrogens (tertiary/aromatic N) is 1. The zero-order chi connectivity index (χ0) is 22.4. The summed E-state index contributed by atoms with van der Waals surface area (Å²) in [5.41, 5.74) is -0.448. The quantitative estimate of drug-likeness (QED) is 0.591. The van der Waals surface area contributed by atoms with Crippen LogP contribution in [0.3, 0.4) is 0 Å². The topological polar surface area (TPSA) is 49.4 Å². The molecule has 0 spiro atoms. The Labute approximate surface area is 184 Å². The van der Waals surface area contributed by atoms with Crippen molar-refractivity contribution < 1.29 is 22.8 Å². The van der Waals surface area contributed by atoms with Crippen molar-refractivity contribution in [1.82, 2.24) is 5.32 Å². The lowest BCUT2D eigenvalue weighted by Crippen LogP contribution is -2.47. The van der Waals surface area contributed by atoms with Gasteiger partial charge >= 0.3 is 6.18 Å². The number of carbonyl (C=O) groups is 2. The summed E-state index contributed by atoms with van der Waals surface area (Å²) in [6.07, 6.45) is 0.187. The third kappa shape index (κ3) is 5.79. The number of amides is 2. The maximum Gasteiger partial charge on any atom is 0.416 e. The fourth-order valence-corrected chi connectivity index (χ4v) is 4.04. The van der Waals surface area contributed by atoms with Crippen LogP contribution in [0.2, 0.25) is 0 Å². The largest absolute Gasteiger partial charge is 0.416 e. The smallest absolute Gasteiger partial charge is 0.351 e. The zero-order valence-corrected chi connectivity index (χ0v) is 17.6. The van der Waals surface area contributed by atoms with Crippen molar-refractivity contribution in [2.75, 3.05) is 10.8 Å². The van der Waals surface area contributed by atoms with Gasteiger partial charge in [-0.1, -0.05) is 55.7 Å². The Morgan fingerprint density at radius 3 is 2.32 bits per heavy atom. The Hall–Kier alpha value is -2.54. The van der Waals surface area contributed by atoms with E-state index in [2.05, 4.69) is 5.32 Å². The van der Waals surface area contributed by atoms with Gasteiger partial charge in [0.25, 0.3) is 0 Å². The maximum absolute atomic E-state index is 13.4. The highest BCUT2D eigenvalue weighted by Gasteiger charge is 2.36. The van der Waals surface area contributed by atoms with Gasteiger partial charge in [0.2, 0.25) is 11.8 Å². The van der Waals surface area contributed by atoms with Crippen molar-refractivity contribution >= 4 is 29.1 Å². The van der Waals surface area contributed by atoms with Gasteiger partial charge in [-0.3, -0.25) is 14.5 Å². The molecule has 1 N–H and O–H groups in total. The zero-order valence-electron chi connectivity index (χ0n) is 16.9. The number of carbonyl (C=O) groups excluding carboxylic acids is 2. The van der Waals surface area contributed by atoms with Gasteiger partial charge in [0, 0.05) is 11.7 Å². The molecule has 0 aliphatic heterocycles. The predicted octanol–water partition coefficient (Wildman–Crippen LogP) is 5.47. The third-order valence-corrected chi connectivity index (χ3v) is 5.64. The number of halogens is 4. The molecule has 1 aliphatic rings. The van der Waals surface area contributed by atoms with Crippen LogP contribution in [0.25, 0.3) is 0 Å². The molecular formula is C23H24ClF3N2O2. The normalized spacial score (nSPS) is 15.9. The van der Waals surface area contributed by atoms with E-state index in [1.54, 1.807) is 30.3 Å². The lowest BCUT2D eigenvalue weighted by atomic mass is 9.94. The summed E-state index contributed by atoms with van der Waals surface area (Å²) in [5.74, 6) is -1.57. The molecule has 3 rings (SSSR count). The van der Waals surface area contributed by atoms with E-state index in [0.29, 0.717) is 5.56 Å². The molecule has 0 heterocycles. The minimum Gasteiger partial charge on any atom is -0.351 e. The van der Waals surface area contributed by atoms with Crippen molar-refractivity contribution in [3.05, 3.63) is 65.7 Å².